The van der Waals surface area contributed by atoms with Crippen molar-refractivity contribution in [2.45, 2.75) is 38.5 Å². The van der Waals surface area contributed by atoms with E-state index in [2.05, 4.69) is 12.2 Å². The second-order valence-corrected chi connectivity index (χ2v) is 5.08. The summed E-state index contributed by atoms with van der Waals surface area (Å²) in [7, 11) is 1.73. The topological polar surface area (TPSA) is 30.5 Å². The van der Waals surface area contributed by atoms with E-state index in [9.17, 15) is 0 Å². The first-order valence-electron chi connectivity index (χ1n) is 6.32. The van der Waals surface area contributed by atoms with Crippen LogP contribution in [0.15, 0.2) is 18.2 Å². The average molecular weight is 270 g/mol. The minimum absolute atomic E-state index is 0.114. The van der Waals surface area contributed by atoms with Gasteiger partial charge in [0.1, 0.15) is 6.10 Å². The molecule has 3 unspecified atom stereocenters. The highest BCUT2D eigenvalue weighted by Gasteiger charge is 2.42. The van der Waals surface area contributed by atoms with E-state index in [4.69, 9.17) is 21.1 Å². The van der Waals surface area contributed by atoms with Crippen LogP contribution in [0.3, 0.4) is 0 Å². The molecule has 0 aromatic heterocycles. The van der Waals surface area contributed by atoms with Gasteiger partial charge in [-0.3, -0.25) is 0 Å². The van der Waals surface area contributed by atoms with Crippen molar-refractivity contribution in [1.29, 1.82) is 0 Å². The third-order valence-corrected chi connectivity index (χ3v) is 3.68. The van der Waals surface area contributed by atoms with Crippen LogP contribution in [0.25, 0.3) is 0 Å². The Balaban J connectivity index is 2.00. The molecule has 0 radical (unpaired) electrons. The lowest BCUT2D eigenvalue weighted by Gasteiger charge is -2.44. The summed E-state index contributed by atoms with van der Waals surface area (Å²) >= 11 is 6.01. The zero-order valence-electron chi connectivity index (χ0n) is 11.1. The number of ether oxygens (including phenoxy) is 2. The third kappa shape index (κ3) is 2.79. The molecule has 1 aliphatic rings. The number of benzene rings is 1. The molecule has 0 bridgehead atoms. The summed E-state index contributed by atoms with van der Waals surface area (Å²) in [6.45, 7) is 4.81. The maximum Gasteiger partial charge on any atom is 0.103 e. The second-order valence-electron chi connectivity index (χ2n) is 4.64. The molecule has 0 saturated heterocycles. The summed E-state index contributed by atoms with van der Waals surface area (Å²) < 4.78 is 11.1. The number of hydrogen-bond donors (Lipinski definition) is 1. The number of anilines is 1. The summed E-state index contributed by atoms with van der Waals surface area (Å²) in [5.41, 5.74) is 2.26. The molecule has 0 heterocycles. The van der Waals surface area contributed by atoms with Gasteiger partial charge in [-0.05, 0) is 38.0 Å². The van der Waals surface area contributed by atoms with Crippen molar-refractivity contribution in [1.82, 2.24) is 0 Å². The zero-order chi connectivity index (χ0) is 13.1. The Bertz CT molecular complexity index is 411. The molecule has 2 rings (SSSR count). The first kappa shape index (κ1) is 13.7. The Morgan fingerprint density at radius 2 is 2.22 bits per heavy atom. The van der Waals surface area contributed by atoms with Gasteiger partial charge in [0.2, 0.25) is 0 Å². The molecule has 4 heteroatoms. The van der Waals surface area contributed by atoms with Crippen molar-refractivity contribution in [2.24, 2.45) is 0 Å². The monoisotopic (exact) mass is 269 g/mol. The minimum atomic E-state index is 0.114. The van der Waals surface area contributed by atoms with E-state index in [1.54, 1.807) is 7.11 Å². The molecule has 1 N–H and O–H groups in total. The van der Waals surface area contributed by atoms with Crippen LogP contribution in [0, 0.1) is 6.92 Å². The Kier molecular flexibility index (Phi) is 4.49. The van der Waals surface area contributed by atoms with Crippen LogP contribution in [0.2, 0.25) is 5.02 Å². The van der Waals surface area contributed by atoms with Gasteiger partial charge in [-0.25, -0.2) is 0 Å². The van der Waals surface area contributed by atoms with Gasteiger partial charge >= 0.3 is 0 Å². The predicted octanol–water partition coefficient (Wildman–Crippen LogP) is 3.25. The van der Waals surface area contributed by atoms with E-state index < -0.39 is 0 Å². The maximum absolute atomic E-state index is 6.01. The summed E-state index contributed by atoms with van der Waals surface area (Å²) in [4.78, 5) is 0. The van der Waals surface area contributed by atoms with Crippen LogP contribution in [0.4, 0.5) is 5.69 Å². The molecular formula is C14H20ClNO2. The smallest absolute Gasteiger partial charge is 0.103 e. The molecule has 1 fully saturated rings. The summed E-state index contributed by atoms with van der Waals surface area (Å²) in [5.74, 6) is 0. The molecule has 1 aliphatic carbocycles. The molecule has 0 amide bonds. The Morgan fingerprint density at radius 1 is 1.44 bits per heavy atom. The zero-order valence-corrected chi connectivity index (χ0v) is 11.8. The number of methoxy groups -OCH3 is 1. The van der Waals surface area contributed by atoms with Gasteiger partial charge in [-0.2, -0.15) is 0 Å². The standard InChI is InChI=1S/C14H20ClNO2/c1-4-18-13-8-12(14(13)17-3)16-11-7-10(15)6-5-9(11)2/h5-7,12-14,16H,4,8H2,1-3H3. The van der Waals surface area contributed by atoms with Crippen molar-refractivity contribution in [3.63, 3.8) is 0 Å². The second kappa shape index (κ2) is 5.91. The molecule has 1 saturated carbocycles. The van der Waals surface area contributed by atoms with E-state index >= 15 is 0 Å². The van der Waals surface area contributed by atoms with E-state index in [1.807, 2.05) is 25.1 Å². The summed E-state index contributed by atoms with van der Waals surface area (Å²) in [5, 5.41) is 4.24. The quantitative estimate of drug-likeness (QED) is 0.890. The summed E-state index contributed by atoms with van der Waals surface area (Å²) in [6, 6.07) is 6.17. The van der Waals surface area contributed by atoms with Crippen molar-refractivity contribution in [3.8, 4) is 0 Å². The molecule has 1 aromatic carbocycles. The van der Waals surface area contributed by atoms with E-state index in [-0.39, 0.29) is 12.2 Å². The molecule has 0 spiro atoms. The highest BCUT2D eigenvalue weighted by Crippen LogP contribution is 2.31. The fourth-order valence-electron chi connectivity index (χ4n) is 2.37. The van der Waals surface area contributed by atoms with Crippen LogP contribution in [0.5, 0.6) is 0 Å². The molecular weight excluding hydrogens is 250 g/mol. The van der Waals surface area contributed by atoms with Gasteiger partial charge in [0.05, 0.1) is 12.1 Å². The van der Waals surface area contributed by atoms with Gasteiger partial charge in [0.15, 0.2) is 0 Å². The van der Waals surface area contributed by atoms with Gasteiger partial charge in [0.25, 0.3) is 0 Å². The van der Waals surface area contributed by atoms with Crippen LogP contribution in [-0.2, 0) is 9.47 Å². The highest BCUT2D eigenvalue weighted by molar-refractivity contribution is 6.30. The first-order chi connectivity index (χ1) is 8.65. The predicted molar refractivity (Wildman–Crippen MR) is 74.4 cm³/mol. The molecule has 0 aliphatic heterocycles. The van der Waals surface area contributed by atoms with E-state index in [0.29, 0.717) is 6.04 Å². The Morgan fingerprint density at radius 3 is 2.89 bits per heavy atom. The first-order valence-corrected chi connectivity index (χ1v) is 6.70. The minimum Gasteiger partial charge on any atom is -0.379 e. The lowest BCUT2D eigenvalue weighted by Crippen LogP contribution is -2.56. The number of aryl methyl sites for hydroxylation is 1. The summed E-state index contributed by atoms with van der Waals surface area (Å²) in [6.07, 6.45) is 1.29. The normalized spacial score (nSPS) is 26.8. The van der Waals surface area contributed by atoms with Crippen molar-refractivity contribution < 1.29 is 9.47 Å². The van der Waals surface area contributed by atoms with E-state index in [1.165, 1.54) is 5.56 Å². The molecule has 3 atom stereocenters. The highest BCUT2D eigenvalue weighted by atomic mass is 35.5. The average Bonchev–Trinajstić information content (AvgIpc) is 2.32. The largest absolute Gasteiger partial charge is 0.379 e. The lowest BCUT2D eigenvalue weighted by molar-refractivity contribution is -0.118. The van der Waals surface area contributed by atoms with Crippen LogP contribution in [-0.4, -0.2) is 32.0 Å². The molecule has 1 aromatic rings. The van der Waals surface area contributed by atoms with Gasteiger partial charge in [-0.15, -0.1) is 0 Å². The SMILES string of the molecule is CCOC1CC(Nc2cc(Cl)ccc2C)C1OC. The fourth-order valence-corrected chi connectivity index (χ4v) is 2.54. The number of halogens is 1. The van der Waals surface area contributed by atoms with Crippen molar-refractivity contribution >= 4 is 17.3 Å². The van der Waals surface area contributed by atoms with Gasteiger partial charge in [-0.1, -0.05) is 17.7 Å². The van der Waals surface area contributed by atoms with Gasteiger partial charge < -0.3 is 14.8 Å². The Hall–Kier alpha value is -0.770. The number of rotatable bonds is 5. The van der Waals surface area contributed by atoms with Crippen LogP contribution >= 0.6 is 11.6 Å². The van der Waals surface area contributed by atoms with Gasteiger partial charge in [0, 0.05) is 24.4 Å². The van der Waals surface area contributed by atoms with Crippen molar-refractivity contribution in [3.05, 3.63) is 28.8 Å². The third-order valence-electron chi connectivity index (χ3n) is 3.44. The number of nitrogens with one attached hydrogen (secondary N) is 1. The molecule has 100 valence electrons. The maximum atomic E-state index is 6.01. The molecule has 18 heavy (non-hydrogen) atoms. The lowest BCUT2D eigenvalue weighted by atomic mass is 9.85. The van der Waals surface area contributed by atoms with E-state index in [0.717, 1.165) is 23.7 Å². The van der Waals surface area contributed by atoms with Crippen LogP contribution < -0.4 is 5.32 Å². The number of hydrogen-bond acceptors (Lipinski definition) is 3. The van der Waals surface area contributed by atoms with Crippen LogP contribution in [0.1, 0.15) is 18.9 Å². The fraction of sp³-hybridized carbons (Fsp3) is 0.571. The Labute approximate surface area is 113 Å². The molecule has 3 nitrogen and oxygen atoms in total. The van der Waals surface area contributed by atoms with Crippen molar-refractivity contribution in [2.75, 3.05) is 19.0 Å².